The van der Waals surface area contributed by atoms with Crippen molar-refractivity contribution in [3.63, 3.8) is 0 Å². The number of unbranched alkanes of at least 4 members (excludes halogenated alkanes) is 2. The van der Waals surface area contributed by atoms with E-state index in [0.29, 0.717) is 12.0 Å². The molecule has 0 aliphatic heterocycles. The molecule has 0 aliphatic rings. The standard InChI is InChI=1S/C15H23F3O3Si/c1-11(21-22(19-2)20-3)7-5-4-6-8-12-9-13(16)15(18)14(17)10-12/h9-11,22H,4-8H2,1-3H3. The number of aryl methyl sites for hydroxylation is 1. The summed E-state index contributed by atoms with van der Waals surface area (Å²) < 4.78 is 54.7. The van der Waals surface area contributed by atoms with Gasteiger partial charge in [0.25, 0.3) is 0 Å². The molecule has 0 saturated heterocycles. The molecule has 0 spiro atoms. The van der Waals surface area contributed by atoms with E-state index in [9.17, 15) is 13.2 Å². The summed E-state index contributed by atoms with van der Waals surface area (Å²) in [6.07, 6.45) is 4.06. The molecule has 0 aliphatic carbocycles. The molecule has 3 nitrogen and oxygen atoms in total. The highest BCUT2D eigenvalue weighted by molar-refractivity contribution is 6.36. The van der Waals surface area contributed by atoms with E-state index in [1.165, 1.54) is 0 Å². The van der Waals surface area contributed by atoms with E-state index >= 15 is 0 Å². The monoisotopic (exact) mass is 336 g/mol. The first kappa shape index (κ1) is 19.2. The van der Waals surface area contributed by atoms with Crippen molar-refractivity contribution in [2.24, 2.45) is 0 Å². The third kappa shape index (κ3) is 6.47. The van der Waals surface area contributed by atoms with Gasteiger partial charge in [0.15, 0.2) is 17.5 Å². The molecular weight excluding hydrogens is 313 g/mol. The fourth-order valence-electron chi connectivity index (χ4n) is 2.16. The minimum atomic E-state index is -1.99. The van der Waals surface area contributed by atoms with Gasteiger partial charge in [-0.25, -0.2) is 13.2 Å². The molecule has 1 rings (SSSR count). The lowest BCUT2D eigenvalue weighted by atomic mass is 10.0. The Balaban J connectivity index is 2.23. The number of rotatable bonds is 10. The minimum Gasteiger partial charge on any atom is -0.379 e. The van der Waals surface area contributed by atoms with E-state index in [-0.39, 0.29) is 6.10 Å². The van der Waals surface area contributed by atoms with E-state index in [1.54, 1.807) is 14.2 Å². The van der Waals surface area contributed by atoms with Crippen molar-refractivity contribution in [2.75, 3.05) is 14.2 Å². The quantitative estimate of drug-likeness (QED) is 0.371. The highest BCUT2D eigenvalue weighted by Crippen LogP contribution is 2.16. The molecule has 0 aromatic heterocycles. The molecule has 7 heteroatoms. The summed E-state index contributed by atoms with van der Waals surface area (Å²) >= 11 is 0. The first-order valence-electron chi connectivity index (χ1n) is 7.32. The van der Waals surface area contributed by atoms with Crippen LogP contribution in [0.4, 0.5) is 13.2 Å². The number of halogens is 3. The van der Waals surface area contributed by atoms with Crippen LogP contribution >= 0.6 is 0 Å². The Morgan fingerprint density at radius 3 is 2.14 bits per heavy atom. The maximum Gasteiger partial charge on any atom is 0.483 e. The van der Waals surface area contributed by atoms with Crippen molar-refractivity contribution in [2.45, 2.75) is 45.1 Å². The van der Waals surface area contributed by atoms with Crippen LogP contribution in [0.5, 0.6) is 0 Å². The summed E-state index contributed by atoms with van der Waals surface area (Å²) in [5.74, 6) is -3.68. The van der Waals surface area contributed by atoms with Crippen LogP contribution in [0.25, 0.3) is 0 Å². The topological polar surface area (TPSA) is 27.7 Å². The fraction of sp³-hybridized carbons (Fsp3) is 0.600. The van der Waals surface area contributed by atoms with Gasteiger partial charge in [-0.05, 0) is 43.9 Å². The minimum absolute atomic E-state index is 0.0530. The summed E-state index contributed by atoms with van der Waals surface area (Å²) in [6, 6.07) is 2.11. The fourth-order valence-corrected chi connectivity index (χ4v) is 3.09. The predicted molar refractivity (Wildman–Crippen MR) is 80.2 cm³/mol. The molecule has 1 aromatic carbocycles. The van der Waals surface area contributed by atoms with Crippen molar-refractivity contribution in [1.29, 1.82) is 0 Å². The van der Waals surface area contributed by atoms with Gasteiger partial charge in [-0.2, -0.15) is 0 Å². The molecule has 1 atom stereocenters. The number of hydrogen-bond donors (Lipinski definition) is 0. The molecule has 1 unspecified atom stereocenters. The zero-order chi connectivity index (χ0) is 16.5. The van der Waals surface area contributed by atoms with E-state index in [0.717, 1.165) is 37.8 Å². The highest BCUT2D eigenvalue weighted by Gasteiger charge is 2.15. The maximum absolute atomic E-state index is 13.1. The Labute approximate surface area is 131 Å². The molecule has 0 N–H and O–H groups in total. The van der Waals surface area contributed by atoms with Crippen molar-refractivity contribution in [1.82, 2.24) is 0 Å². The Morgan fingerprint density at radius 2 is 1.59 bits per heavy atom. The molecule has 1 aromatic rings. The first-order valence-corrected chi connectivity index (χ1v) is 8.73. The summed E-state index contributed by atoms with van der Waals surface area (Å²) in [6.45, 7) is 1.96. The van der Waals surface area contributed by atoms with Gasteiger partial charge in [-0.1, -0.05) is 12.8 Å². The lowest BCUT2D eigenvalue weighted by Gasteiger charge is -2.17. The zero-order valence-electron chi connectivity index (χ0n) is 13.2. The van der Waals surface area contributed by atoms with Crippen LogP contribution in [0, 0.1) is 17.5 Å². The summed E-state index contributed by atoms with van der Waals surface area (Å²) in [5, 5.41) is 0. The SMILES string of the molecule is CO[SiH](OC)OC(C)CCCCCc1cc(F)c(F)c(F)c1. The Morgan fingerprint density at radius 1 is 1.00 bits per heavy atom. The van der Waals surface area contributed by atoms with Gasteiger partial charge in [-0.15, -0.1) is 0 Å². The second kappa shape index (κ2) is 9.99. The van der Waals surface area contributed by atoms with Crippen LogP contribution in [0.3, 0.4) is 0 Å². The first-order chi connectivity index (χ1) is 10.5. The van der Waals surface area contributed by atoms with Crippen molar-refractivity contribution in [3.8, 4) is 0 Å². The van der Waals surface area contributed by atoms with Crippen molar-refractivity contribution >= 4 is 9.53 Å². The van der Waals surface area contributed by atoms with Crippen LogP contribution < -0.4 is 0 Å². The maximum atomic E-state index is 13.1. The van der Waals surface area contributed by atoms with Gasteiger partial charge >= 0.3 is 9.53 Å². The van der Waals surface area contributed by atoms with Crippen LogP contribution in [0.15, 0.2) is 12.1 Å². The number of hydrogen-bond acceptors (Lipinski definition) is 3. The van der Waals surface area contributed by atoms with Crippen LogP contribution in [0.2, 0.25) is 0 Å². The van der Waals surface area contributed by atoms with E-state index in [1.807, 2.05) is 6.92 Å². The zero-order valence-corrected chi connectivity index (χ0v) is 14.4. The molecule has 0 saturated carbocycles. The molecule has 0 radical (unpaired) electrons. The lowest BCUT2D eigenvalue weighted by Crippen LogP contribution is -2.28. The number of benzene rings is 1. The molecular formula is C15H23F3O3Si. The second-order valence-electron chi connectivity index (χ2n) is 5.18. The smallest absolute Gasteiger partial charge is 0.379 e. The predicted octanol–water partition coefficient (Wildman–Crippen LogP) is 3.62. The molecule has 0 fully saturated rings. The van der Waals surface area contributed by atoms with Gasteiger partial charge in [0, 0.05) is 20.3 Å². The summed E-state index contributed by atoms with van der Waals surface area (Å²) in [5.41, 5.74) is 0.479. The third-order valence-corrected chi connectivity index (χ3v) is 4.80. The Hall–Kier alpha value is -0.893. The van der Waals surface area contributed by atoms with Crippen molar-refractivity contribution < 1.29 is 26.4 Å². The van der Waals surface area contributed by atoms with E-state index < -0.39 is 27.0 Å². The van der Waals surface area contributed by atoms with E-state index in [2.05, 4.69) is 0 Å². The van der Waals surface area contributed by atoms with Crippen LogP contribution in [-0.2, 0) is 19.7 Å². The summed E-state index contributed by atoms with van der Waals surface area (Å²) in [7, 11) is 1.13. The molecule has 0 bridgehead atoms. The van der Waals surface area contributed by atoms with Crippen molar-refractivity contribution in [3.05, 3.63) is 35.1 Å². The normalized spacial score (nSPS) is 12.9. The average Bonchev–Trinajstić information content (AvgIpc) is 2.49. The highest BCUT2D eigenvalue weighted by atomic mass is 28.3. The van der Waals surface area contributed by atoms with Crippen LogP contribution in [0.1, 0.15) is 38.2 Å². The van der Waals surface area contributed by atoms with Gasteiger partial charge in [-0.3, -0.25) is 0 Å². The van der Waals surface area contributed by atoms with E-state index in [4.69, 9.17) is 13.3 Å². The average molecular weight is 336 g/mol. The van der Waals surface area contributed by atoms with Crippen LogP contribution in [-0.4, -0.2) is 29.9 Å². The van der Waals surface area contributed by atoms with Gasteiger partial charge in [0.05, 0.1) is 0 Å². The largest absolute Gasteiger partial charge is 0.483 e. The lowest BCUT2D eigenvalue weighted by molar-refractivity contribution is 0.0893. The van der Waals surface area contributed by atoms with Gasteiger partial charge < -0.3 is 13.3 Å². The second-order valence-corrected chi connectivity index (χ2v) is 6.97. The van der Waals surface area contributed by atoms with Gasteiger partial charge in [0.1, 0.15) is 0 Å². The van der Waals surface area contributed by atoms with Gasteiger partial charge in [0.2, 0.25) is 0 Å². The Bertz CT molecular complexity index is 433. The molecule has 22 heavy (non-hydrogen) atoms. The molecule has 126 valence electrons. The third-order valence-electron chi connectivity index (χ3n) is 3.35. The molecule has 0 heterocycles. The Kier molecular flexibility index (Phi) is 8.70. The summed E-state index contributed by atoms with van der Waals surface area (Å²) in [4.78, 5) is 0. The molecule has 0 amide bonds.